The molecule has 1 saturated heterocycles. The largest absolute Gasteiger partial charge is 0.356 e. The molecule has 1 amide bonds. The van der Waals surface area contributed by atoms with E-state index in [2.05, 4.69) is 10.6 Å². The minimum Gasteiger partial charge on any atom is -0.356 e. The van der Waals surface area contributed by atoms with Crippen LogP contribution in [0.1, 0.15) is 36.3 Å². The second-order valence-electron chi connectivity index (χ2n) is 5.76. The van der Waals surface area contributed by atoms with E-state index < -0.39 is 0 Å². The van der Waals surface area contributed by atoms with Gasteiger partial charge in [-0.1, -0.05) is 11.3 Å². The number of nitrogens with zero attached hydrogens (tertiary/aromatic N) is 1. The molecule has 2 N–H and O–H groups in total. The minimum atomic E-state index is 0.0334. The molecule has 0 aromatic carbocycles. The molecular formula is C15H25N3O2S. The average Bonchev–Trinajstić information content (AvgIpc) is 2.71. The van der Waals surface area contributed by atoms with Crippen molar-refractivity contribution in [2.45, 2.75) is 46.1 Å². The Morgan fingerprint density at radius 2 is 2.29 bits per heavy atom. The molecule has 1 fully saturated rings. The highest BCUT2D eigenvalue weighted by Gasteiger charge is 2.13. The van der Waals surface area contributed by atoms with E-state index in [-0.39, 0.29) is 10.8 Å². The lowest BCUT2D eigenvalue weighted by atomic mass is 9.96. The summed E-state index contributed by atoms with van der Waals surface area (Å²) in [6.45, 7) is 7.28. The van der Waals surface area contributed by atoms with Gasteiger partial charge in [0.05, 0.1) is 0 Å². The minimum absolute atomic E-state index is 0.0334. The molecule has 118 valence electrons. The topological polar surface area (TPSA) is 63.1 Å². The molecule has 0 saturated carbocycles. The molecule has 1 aliphatic rings. The molecule has 2 rings (SSSR count). The summed E-state index contributed by atoms with van der Waals surface area (Å²) in [6, 6.07) is 0. The Hall–Kier alpha value is -1.14. The fourth-order valence-electron chi connectivity index (χ4n) is 2.73. The van der Waals surface area contributed by atoms with Crippen LogP contribution in [-0.2, 0) is 11.3 Å². The molecule has 1 unspecified atom stereocenters. The van der Waals surface area contributed by atoms with Crippen LogP contribution in [0.4, 0.5) is 0 Å². The van der Waals surface area contributed by atoms with Crippen LogP contribution in [0.25, 0.3) is 0 Å². The molecule has 0 bridgehead atoms. The van der Waals surface area contributed by atoms with Crippen molar-refractivity contribution in [2.24, 2.45) is 5.92 Å². The fraction of sp³-hybridized carbons (Fsp3) is 0.733. The summed E-state index contributed by atoms with van der Waals surface area (Å²) in [5.74, 6) is 0.720. The second-order valence-corrected chi connectivity index (χ2v) is 6.93. The van der Waals surface area contributed by atoms with Gasteiger partial charge in [0, 0.05) is 30.1 Å². The molecule has 0 spiro atoms. The number of aromatic nitrogens is 1. The maximum Gasteiger partial charge on any atom is 0.307 e. The van der Waals surface area contributed by atoms with Crippen molar-refractivity contribution >= 4 is 17.2 Å². The van der Waals surface area contributed by atoms with Crippen LogP contribution in [0.5, 0.6) is 0 Å². The maximum absolute atomic E-state index is 11.8. The quantitative estimate of drug-likeness (QED) is 0.835. The van der Waals surface area contributed by atoms with Crippen LogP contribution in [0, 0.1) is 19.8 Å². The van der Waals surface area contributed by atoms with Crippen LogP contribution >= 0.6 is 11.3 Å². The summed E-state index contributed by atoms with van der Waals surface area (Å²) in [5.41, 5.74) is 0.978. The van der Waals surface area contributed by atoms with E-state index in [4.69, 9.17) is 0 Å². The maximum atomic E-state index is 11.8. The first kappa shape index (κ1) is 16.2. The van der Waals surface area contributed by atoms with Gasteiger partial charge in [-0.3, -0.25) is 9.59 Å². The highest BCUT2D eigenvalue weighted by atomic mass is 32.1. The lowest BCUT2D eigenvalue weighted by Gasteiger charge is -2.22. The van der Waals surface area contributed by atoms with E-state index in [1.165, 1.54) is 24.2 Å². The van der Waals surface area contributed by atoms with Gasteiger partial charge >= 0.3 is 4.87 Å². The lowest BCUT2D eigenvalue weighted by molar-refractivity contribution is -0.121. The third-order valence-corrected chi connectivity index (χ3v) is 5.21. The standard InChI is InChI=1S/C15H25N3O2S/c1-11-12(2)21-15(20)18(11)9-6-14(19)17-8-5-13-4-3-7-16-10-13/h13,16H,3-10H2,1-2H3,(H,17,19). The van der Waals surface area contributed by atoms with Crippen molar-refractivity contribution in [2.75, 3.05) is 19.6 Å². The first-order valence-electron chi connectivity index (χ1n) is 7.72. The van der Waals surface area contributed by atoms with Crippen molar-refractivity contribution in [3.63, 3.8) is 0 Å². The van der Waals surface area contributed by atoms with Crippen LogP contribution in [0.2, 0.25) is 0 Å². The van der Waals surface area contributed by atoms with Crippen molar-refractivity contribution in [1.82, 2.24) is 15.2 Å². The molecule has 6 heteroatoms. The van der Waals surface area contributed by atoms with Gasteiger partial charge in [-0.25, -0.2) is 0 Å². The average molecular weight is 311 g/mol. The van der Waals surface area contributed by atoms with E-state index in [9.17, 15) is 9.59 Å². The number of amides is 1. The van der Waals surface area contributed by atoms with E-state index in [0.29, 0.717) is 18.9 Å². The van der Waals surface area contributed by atoms with Crippen LogP contribution in [0.3, 0.4) is 0 Å². The van der Waals surface area contributed by atoms with Gasteiger partial charge in [0.2, 0.25) is 5.91 Å². The van der Waals surface area contributed by atoms with Gasteiger partial charge in [-0.15, -0.1) is 0 Å². The van der Waals surface area contributed by atoms with Gasteiger partial charge in [-0.2, -0.15) is 0 Å². The highest BCUT2D eigenvalue weighted by Crippen LogP contribution is 2.13. The molecule has 1 aromatic rings. The number of piperidine rings is 1. The van der Waals surface area contributed by atoms with E-state index in [0.717, 1.165) is 36.6 Å². The van der Waals surface area contributed by atoms with Crippen LogP contribution in [-0.4, -0.2) is 30.1 Å². The molecule has 2 heterocycles. The summed E-state index contributed by atoms with van der Waals surface area (Å²) in [5, 5.41) is 6.35. The summed E-state index contributed by atoms with van der Waals surface area (Å²) in [4.78, 5) is 24.7. The normalized spacial score (nSPS) is 18.7. The zero-order valence-electron chi connectivity index (χ0n) is 12.9. The van der Waals surface area contributed by atoms with Crippen molar-refractivity contribution < 1.29 is 4.79 Å². The van der Waals surface area contributed by atoms with Gasteiger partial charge in [0.1, 0.15) is 0 Å². The van der Waals surface area contributed by atoms with E-state index in [1.807, 2.05) is 13.8 Å². The van der Waals surface area contributed by atoms with Gasteiger partial charge < -0.3 is 15.2 Å². The third-order valence-electron chi connectivity index (χ3n) is 4.21. The SMILES string of the molecule is Cc1sc(=O)n(CCC(=O)NCCC2CCCNC2)c1C. The molecular weight excluding hydrogens is 286 g/mol. The number of carbonyl (C=O) groups excluding carboxylic acids is 1. The Morgan fingerprint density at radius 1 is 1.48 bits per heavy atom. The summed E-state index contributed by atoms with van der Waals surface area (Å²) in [6.07, 6.45) is 3.90. The zero-order chi connectivity index (χ0) is 15.2. The fourth-order valence-corrected chi connectivity index (χ4v) is 3.59. The van der Waals surface area contributed by atoms with Gasteiger partial charge in [-0.05, 0) is 52.1 Å². The third kappa shape index (κ3) is 4.68. The first-order chi connectivity index (χ1) is 10.1. The zero-order valence-corrected chi connectivity index (χ0v) is 13.7. The second kappa shape index (κ2) is 7.75. The number of hydrogen-bond acceptors (Lipinski definition) is 4. The van der Waals surface area contributed by atoms with Gasteiger partial charge in [0.15, 0.2) is 0 Å². The predicted molar refractivity (Wildman–Crippen MR) is 85.9 cm³/mol. The molecule has 21 heavy (non-hydrogen) atoms. The smallest absolute Gasteiger partial charge is 0.307 e. The molecule has 0 radical (unpaired) electrons. The van der Waals surface area contributed by atoms with Gasteiger partial charge in [0.25, 0.3) is 0 Å². The first-order valence-corrected chi connectivity index (χ1v) is 8.54. The van der Waals surface area contributed by atoms with Crippen molar-refractivity contribution in [3.05, 3.63) is 20.2 Å². The van der Waals surface area contributed by atoms with Crippen molar-refractivity contribution in [1.29, 1.82) is 0 Å². The number of nitrogens with one attached hydrogen (secondary N) is 2. The number of carbonyl (C=O) groups is 1. The van der Waals surface area contributed by atoms with E-state index in [1.54, 1.807) is 4.57 Å². The van der Waals surface area contributed by atoms with E-state index >= 15 is 0 Å². The number of thiazole rings is 1. The predicted octanol–water partition coefficient (Wildman–Crippen LogP) is 1.42. The van der Waals surface area contributed by atoms with Crippen molar-refractivity contribution in [3.8, 4) is 0 Å². The molecule has 5 nitrogen and oxygen atoms in total. The monoisotopic (exact) mass is 311 g/mol. The molecule has 0 aliphatic carbocycles. The molecule has 1 aromatic heterocycles. The lowest BCUT2D eigenvalue weighted by Crippen LogP contribution is -2.33. The Morgan fingerprint density at radius 3 is 2.90 bits per heavy atom. The highest BCUT2D eigenvalue weighted by molar-refractivity contribution is 7.09. The summed E-state index contributed by atoms with van der Waals surface area (Å²) in [7, 11) is 0. The molecule has 1 atom stereocenters. The van der Waals surface area contributed by atoms with Crippen LogP contribution < -0.4 is 15.5 Å². The Balaban J connectivity index is 1.68. The summed E-state index contributed by atoms with van der Waals surface area (Å²) < 4.78 is 1.70. The number of rotatable bonds is 6. The van der Waals surface area contributed by atoms with Crippen LogP contribution in [0.15, 0.2) is 4.79 Å². The molecule has 1 aliphatic heterocycles. The Labute approximate surface area is 129 Å². The Bertz CT molecular complexity index is 530. The summed E-state index contributed by atoms with van der Waals surface area (Å²) >= 11 is 1.25. The Kier molecular flexibility index (Phi) is 5.99. The number of aryl methyl sites for hydroxylation is 1. The number of hydrogen-bond donors (Lipinski definition) is 2.